The average Bonchev–Trinajstić information content (AvgIpc) is 3.15. The maximum absolute atomic E-state index is 12.3. The fourth-order valence-electron chi connectivity index (χ4n) is 2.71. The Morgan fingerprint density at radius 3 is 2.69 bits per heavy atom. The summed E-state index contributed by atoms with van der Waals surface area (Å²) in [6, 6.07) is 9.46. The number of nitrogens with zero attached hydrogens (tertiary/aromatic N) is 4. The summed E-state index contributed by atoms with van der Waals surface area (Å²) in [5.74, 6) is 0.154. The van der Waals surface area contributed by atoms with Crippen molar-refractivity contribution in [2.45, 2.75) is 26.3 Å². The summed E-state index contributed by atoms with van der Waals surface area (Å²) in [5.41, 5.74) is 8.76. The number of nitrogen functional groups attached to an aromatic ring is 1. The molecule has 0 radical (unpaired) electrons. The third-order valence-corrected chi connectivity index (χ3v) is 4.20. The van der Waals surface area contributed by atoms with Crippen LogP contribution in [0.5, 0.6) is 0 Å². The summed E-state index contributed by atoms with van der Waals surface area (Å²) < 4.78 is 2.02. The molecule has 0 aliphatic rings. The molecule has 0 aliphatic carbocycles. The molecule has 1 aromatic carbocycles. The molecule has 0 bridgehead atoms. The molecule has 0 saturated heterocycles. The SMILES string of the molecule is Cc1cc(-c2ccc(C(=O)NCCC(C)n3ccnc3)cc2)nc(N)n1. The second-order valence-electron chi connectivity index (χ2n) is 6.23. The van der Waals surface area contributed by atoms with Crippen LogP contribution in [0.15, 0.2) is 49.1 Å². The third kappa shape index (κ3) is 4.24. The molecule has 3 rings (SSSR count). The van der Waals surface area contributed by atoms with Crippen molar-refractivity contribution in [1.82, 2.24) is 24.8 Å². The van der Waals surface area contributed by atoms with E-state index in [0.29, 0.717) is 12.1 Å². The first-order chi connectivity index (χ1) is 12.5. The normalized spacial score (nSPS) is 11.9. The first-order valence-electron chi connectivity index (χ1n) is 8.50. The molecular formula is C19H22N6O. The minimum absolute atomic E-state index is 0.0900. The van der Waals surface area contributed by atoms with Crippen LogP contribution < -0.4 is 11.1 Å². The van der Waals surface area contributed by atoms with E-state index in [9.17, 15) is 4.79 Å². The predicted octanol–water partition coefficient (Wildman–Crippen LogP) is 2.61. The van der Waals surface area contributed by atoms with Gasteiger partial charge in [-0.05, 0) is 38.5 Å². The molecule has 0 aliphatic heterocycles. The lowest BCUT2D eigenvalue weighted by Crippen LogP contribution is -2.26. The molecule has 3 N–H and O–H groups in total. The van der Waals surface area contributed by atoms with Gasteiger partial charge in [0.25, 0.3) is 5.91 Å². The molecule has 3 aromatic rings. The van der Waals surface area contributed by atoms with Crippen LogP contribution in [0.3, 0.4) is 0 Å². The van der Waals surface area contributed by atoms with Gasteiger partial charge in [-0.1, -0.05) is 12.1 Å². The monoisotopic (exact) mass is 350 g/mol. The molecule has 1 atom stereocenters. The van der Waals surface area contributed by atoms with Gasteiger partial charge in [0.1, 0.15) is 0 Å². The predicted molar refractivity (Wildman–Crippen MR) is 101 cm³/mol. The highest BCUT2D eigenvalue weighted by atomic mass is 16.1. The standard InChI is InChI=1S/C19H22N6O/c1-13-11-17(24-19(20)23-13)15-3-5-16(6-4-15)18(26)22-8-7-14(2)25-10-9-21-12-25/h3-6,9-12,14H,7-8H2,1-2H3,(H,22,26)(H2,20,23,24). The largest absolute Gasteiger partial charge is 0.368 e. The highest BCUT2D eigenvalue weighted by Crippen LogP contribution is 2.19. The number of anilines is 1. The van der Waals surface area contributed by atoms with E-state index in [1.807, 2.05) is 35.9 Å². The van der Waals surface area contributed by atoms with Gasteiger partial charge < -0.3 is 15.6 Å². The van der Waals surface area contributed by atoms with Crippen LogP contribution in [0.2, 0.25) is 0 Å². The lowest BCUT2D eigenvalue weighted by Gasteiger charge is -2.13. The van der Waals surface area contributed by atoms with Crippen LogP contribution in [0.25, 0.3) is 11.3 Å². The summed E-state index contributed by atoms with van der Waals surface area (Å²) in [4.78, 5) is 24.6. The van der Waals surface area contributed by atoms with Gasteiger partial charge in [0.15, 0.2) is 0 Å². The van der Waals surface area contributed by atoms with Crippen LogP contribution in [0, 0.1) is 6.92 Å². The summed E-state index contributed by atoms with van der Waals surface area (Å²) in [5, 5.41) is 2.95. The van der Waals surface area contributed by atoms with E-state index in [0.717, 1.165) is 23.4 Å². The minimum Gasteiger partial charge on any atom is -0.368 e. The summed E-state index contributed by atoms with van der Waals surface area (Å²) in [6.07, 6.45) is 6.29. The highest BCUT2D eigenvalue weighted by Gasteiger charge is 2.09. The van der Waals surface area contributed by atoms with Gasteiger partial charge in [0, 0.05) is 41.8 Å². The van der Waals surface area contributed by atoms with E-state index in [1.54, 1.807) is 24.7 Å². The van der Waals surface area contributed by atoms with E-state index in [2.05, 4.69) is 27.2 Å². The van der Waals surface area contributed by atoms with Crippen molar-refractivity contribution < 1.29 is 4.79 Å². The van der Waals surface area contributed by atoms with Crippen molar-refractivity contribution in [1.29, 1.82) is 0 Å². The molecule has 26 heavy (non-hydrogen) atoms. The number of benzene rings is 1. The zero-order valence-corrected chi connectivity index (χ0v) is 14.9. The van der Waals surface area contributed by atoms with Crippen LogP contribution in [-0.4, -0.2) is 32.0 Å². The fraction of sp³-hybridized carbons (Fsp3) is 0.263. The van der Waals surface area contributed by atoms with Crippen LogP contribution in [0.1, 0.15) is 35.4 Å². The number of hydrogen-bond donors (Lipinski definition) is 2. The quantitative estimate of drug-likeness (QED) is 0.712. The number of carbonyl (C=O) groups excluding carboxylic acids is 1. The summed E-state index contributed by atoms with van der Waals surface area (Å²) in [7, 11) is 0. The van der Waals surface area contributed by atoms with Crippen molar-refractivity contribution in [3.8, 4) is 11.3 Å². The zero-order valence-electron chi connectivity index (χ0n) is 14.9. The molecule has 2 heterocycles. The number of rotatable bonds is 6. The Morgan fingerprint density at radius 2 is 2.04 bits per heavy atom. The number of aromatic nitrogens is 4. The van der Waals surface area contributed by atoms with Crippen molar-refractivity contribution in [3.05, 3.63) is 60.3 Å². The van der Waals surface area contributed by atoms with E-state index in [1.165, 1.54) is 0 Å². The van der Waals surface area contributed by atoms with Crippen LogP contribution >= 0.6 is 0 Å². The molecule has 7 nitrogen and oxygen atoms in total. The first-order valence-corrected chi connectivity index (χ1v) is 8.50. The molecule has 0 saturated carbocycles. The second-order valence-corrected chi connectivity index (χ2v) is 6.23. The van der Waals surface area contributed by atoms with Gasteiger partial charge in [0.2, 0.25) is 5.95 Å². The Labute approximate surface area is 152 Å². The summed E-state index contributed by atoms with van der Waals surface area (Å²) in [6.45, 7) is 4.56. The Hall–Kier alpha value is -3.22. The molecule has 134 valence electrons. The second kappa shape index (κ2) is 7.77. The third-order valence-electron chi connectivity index (χ3n) is 4.20. The van der Waals surface area contributed by atoms with Gasteiger partial charge in [-0.25, -0.2) is 15.0 Å². The van der Waals surface area contributed by atoms with E-state index in [-0.39, 0.29) is 17.9 Å². The van der Waals surface area contributed by atoms with Crippen molar-refractivity contribution >= 4 is 11.9 Å². The first kappa shape index (κ1) is 17.6. The fourth-order valence-corrected chi connectivity index (χ4v) is 2.71. The van der Waals surface area contributed by atoms with E-state index in [4.69, 9.17) is 5.73 Å². The number of nitrogens with two attached hydrogens (primary N) is 1. The topological polar surface area (TPSA) is 98.7 Å². The molecule has 0 fully saturated rings. The molecule has 1 unspecified atom stereocenters. The zero-order chi connectivity index (χ0) is 18.5. The number of hydrogen-bond acceptors (Lipinski definition) is 5. The number of imidazole rings is 1. The van der Waals surface area contributed by atoms with Crippen LogP contribution in [-0.2, 0) is 0 Å². The highest BCUT2D eigenvalue weighted by molar-refractivity contribution is 5.94. The van der Waals surface area contributed by atoms with Crippen molar-refractivity contribution in [2.75, 3.05) is 12.3 Å². The molecule has 7 heteroatoms. The lowest BCUT2D eigenvalue weighted by atomic mass is 10.1. The Balaban J connectivity index is 1.58. The van der Waals surface area contributed by atoms with Gasteiger partial charge in [-0.3, -0.25) is 4.79 Å². The maximum atomic E-state index is 12.3. The van der Waals surface area contributed by atoms with Crippen LogP contribution in [0.4, 0.5) is 5.95 Å². The average molecular weight is 350 g/mol. The molecule has 1 amide bonds. The van der Waals surface area contributed by atoms with E-state index < -0.39 is 0 Å². The Kier molecular flexibility index (Phi) is 5.26. The summed E-state index contributed by atoms with van der Waals surface area (Å²) >= 11 is 0. The molecule has 2 aromatic heterocycles. The van der Waals surface area contributed by atoms with E-state index >= 15 is 0 Å². The van der Waals surface area contributed by atoms with Crippen molar-refractivity contribution in [2.24, 2.45) is 0 Å². The number of carbonyl (C=O) groups is 1. The Morgan fingerprint density at radius 1 is 1.27 bits per heavy atom. The number of amides is 1. The molecular weight excluding hydrogens is 328 g/mol. The van der Waals surface area contributed by atoms with Gasteiger partial charge in [0.05, 0.1) is 12.0 Å². The molecule has 0 spiro atoms. The Bertz CT molecular complexity index is 853. The van der Waals surface area contributed by atoms with Gasteiger partial charge in [-0.2, -0.15) is 0 Å². The maximum Gasteiger partial charge on any atom is 0.251 e. The van der Waals surface area contributed by atoms with Gasteiger partial charge >= 0.3 is 0 Å². The smallest absolute Gasteiger partial charge is 0.251 e. The van der Waals surface area contributed by atoms with Crippen molar-refractivity contribution in [3.63, 3.8) is 0 Å². The van der Waals surface area contributed by atoms with Gasteiger partial charge in [-0.15, -0.1) is 0 Å². The minimum atomic E-state index is -0.0900. The number of nitrogens with one attached hydrogen (secondary N) is 1. The number of aryl methyl sites for hydroxylation is 1. The lowest BCUT2D eigenvalue weighted by molar-refractivity contribution is 0.0952.